The molecular weight excluding hydrogens is 410 g/mol. The molecule has 1 aliphatic heterocycles. The van der Waals surface area contributed by atoms with Gasteiger partial charge in [0, 0.05) is 37.8 Å². The number of thiophene rings is 1. The Hall–Kier alpha value is -2.74. The van der Waals surface area contributed by atoms with Crippen LogP contribution in [0.3, 0.4) is 0 Å². The predicted octanol–water partition coefficient (Wildman–Crippen LogP) is 3.60. The first-order valence-corrected chi connectivity index (χ1v) is 11.8. The van der Waals surface area contributed by atoms with E-state index < -0.39 is 0 Å². The molecule has 1 atom stereocenters. The molecule has 3 aromatic rings. The topological polar surface area (TPSA) is 73.0 Å². The van der Waals surface area contributed by atoms with Gasteiger partial charge in [-0.2, -0.15) is 10.2 Å². The normalized spacial score (nSPS) is 16.6. The number of rotatable bonds is 6. The zero-order valence-corrected chi connectivity index (χ0v) is 19.2. The molecule has 0 aromatic carbocycles. The van der Waals surface area contributed by atoms with E-state index in [1.165, 1.54) is 5.56 Å². The van der Waals surface area contributed by atoms with Crippen molar-refractivity contribution in [3.8, 4) is 10.6 Å². The molecule has 4 rings (SSSR count). The Labute approximate surface area is 186 Å². The van der Waals surface area contributed by atoms with Gasteiger partial charge in [0.15, 0.2) is 0 Å². The van der Waals surface area contributed by atoms with Gasteiger partial charge in [-0.15, -0.1) is 11.3 Å². The number of aryl methyl sites for hydroxylation is 2. The van der Waals surface area contributed by atoms with Gasteiger partial charge in [-0.25, -0.2) is 4.68 Å². The number of hydrogen-bond donors (Lipinski definition) is 0. The molecule has 0 bridgehead atoms. The second-order valence-corrected chi connectivity index (χ2v) is 9.03. The Morgan fingerprint density at radius 3 is 2.77 bits per heavy atom. The second-order valence-electron chi connectivity index (χ2n) is 8.08. The molecule has 0 saturated carbocycles. The summed E-state index contributed by atoms with van der Waals surface area (Å²) in [4.78, 5) is 28.4. The van der Waals surface area contributed by atoms with E-state index in [1.54, 1.807) is 28.2 Å². The standard InChI is InChI=1S/C23H29N5O2S/c1-4-27-17(3)19(16(2)24-27)9-11-22(29)26-13-5-7-18(15-26)28-23(30)12-10-20(25-28)21-8-6-14-31-21/h6,8,10,12,14,18H,4-5,7,9,11,13,15H2,1-3H3/t18-/m1/s1. The van der Waals surface area contributed by atoms with Crippen molar-refractivity contribution >= 4 is 17.2 Å². The number of likely N-dealkylation sites (tertiary alicyclic amines) is 1. The van der Waals surface area contributed by atoms with Gasteiger partial charge in [-0.05, 0) is 63.1 Å². The average molecular weight is 440 g/mol. The minimum atomic E-state index is -0.113. The van der Waals surface area contributed by atoms with E-state index in [-0.39, 0.29) is 17.5 Å². The molecule has 1 saturated heterocycles. The molecule has 0 spiro atoms. The first-order valence-electron chi connectivity index (χ1n) is 10.9. The van der Waals surface area contributed by atoms with Gasteiger partial charge in [0.1, 0.15) is 5.69 Å². The number of amides is 1. The van der Waals surface area contributed by atoms with Crippen LogP contribution < -0.4 is 5.56 Å². The summed E-state index contributed by atoms with van der Waals surface area (Å²) in [7, 11) is 0. The van der Waals surface area contributed by atoms with Gasteiger partial charge in [-0.1, -0.05) is 6.07 Å². The van der Waals surface area contributed by atoms with Crippen LogP contribution in [-0.2, 0) is 17.8 Å². The Morgan fingerprint density at radius 2 is 2.06 bits per heavy atom. The third-order valence-corrected chi connectivity index (χ3v) is 7.01. The van der Waals surface area contributed by atoms with Gasteiger partial charge < -0.3 is 4.90 Å². The van der Waals surface area contributed by atoms with Crippen LogP contribution in [0, 0.1) is 13.8 Å². The van der Waals surface area contributed by atoms with Crippen molar-refractivity contribution in [3.63, 3.8) is 0 Å². The van der Waals surface area contributed by atoms with E-state index in [0.717, 1.165) is 47.9 Å². The SMILES string of the molecule is CCn1nc(C)c(CCC(=O)N2CCC[C@@H](n3nc(-c4cccs4)ccc3=O)C2)c1C. The number of carbonyl (C=O) groups is 1. The summed E-state index contributed by atoms with van der Waals surface area (Å²) in [5.74, 6) is 0.134. The zero-order valence-electron chi connectivity index (χ0n) is 18.4. The molecule has 0 N–H and O–H groups in total. The highest BCUT2D eigenvalue weighted by atomic mass is 32.1. The lowest BCUT2D eigenvalue weighted by Gasteiger charge is -2.33. The van der Waals surface area contributed by atoms with Crippen LogP contribution in [0.1, 0.15) is 49.2 Å². The number of piperidine rings is 1. The van der Waals surface area contributed by atoms with Crippen molar-refractivity contribution in [2.75, 3.05) is 13.1 Å². The maximum Gasteiger partial charge on any atom is 0.267 e. The molecule has 0 unspecified atom stereocenters. The van der Waals surface area contributed by atoms with Crippen LogP contribution >= 0.6 is 11.3 Å². The first kappa shape index (κ1) is 21.5. The summed E-state index contributed by atoms with van der Waals surface area (Å²) in [6.07, 6.45) is 2.89. The van der Waals surface area contributed by atoms with Crippen molar-refractivity contribution in [2.45, 2.75) is 59.0 Å². The molecule has 164 valence electrons. The summed E-state index contributed by atoms with van der Waals surface area (Å²) < 4.78 is 3.57. The van der Waals surface area contributed by atoms with Crippen LogP contribution in [0.2, 0.25) is 0 Å². The van der Waals surface area contributed by atoms with Crippen LogP contribution in [0.25, 0.3) is 10.6 Å². The molecule has 0 radical (unpaired) electrons. The molecule has 4 heterocycles. The van der Waals surface area contributed by atoms with Gasteiger partial charge >= 0.3 is 0 Å². The Kier molecular flexibility index (Phi) is 6.36. The number of carbonyl (C=O) groups excluding carboxylic acids is 1. The summed E-state index contributed by atoms with van der Waals surface area (Å²) in [6.45, 7) is 8.26. The first-order chi connectivity index (χ1) is 15.0. The van der Waals surface area contributed by atoms with E-state index in [0.29, 0.717) is 19.4 Å². The summed E-state index contributed by atoms with van der Waals surface area (Å²) in [5.41, 5.74) is 4.01. The van der Waals surface area contributed by atoms with Crippen LogP contribution in [-0.4, -0.2) is 43.5 Å². The van der Waals surface area contributed by atoms with Gasteiger partial charge in [0.25, 0.3) is 5.56 Å². The third kappa shape index (κ3) is 4.49. The molecule has 0 aliphatic carbocycles. The number of hydrogen-bond acceptors (Lipinski definition) is 5. The Morgan fingerprint density at radius 1 is 1.23 bits per heavy atom. The number of aromatic nitrogens is 4. The van der Waals surface area contributed by atoms with Crippen molar-refractivity contribution in [1.82, 2.24) is 24.5 Å². The Bertz CT molecular complexity index is 1120. The highest BCUT2D eigenvalue weighted by Crippen LogP contribution is 2.25. The van der Waals surface area contributed by atoms with E-state index in [2.05, 4.69) is 24.0 Å². The monoisotopic (exact) mass is 439 g/mol. The van der Waals surface area contributed by atoms with E-state index >= 15 is 0 Å². The highest BCUT2D eigenvalue weighted by molar-refractivity contribution is 7.13. The van der Waals surface area contributed by atoms with E-state index in [9.17, 15) is 9.59 Å². The van der Waals surface area contributed by atoms with Crippen molar-refractivity contribution in [1.29, 1.82) is 0 Å². The molecule has 1 fully saturated rings. The van der Waals surface area contributed by atoms with E-state index in [1.807, 2.05) is 34.0 Å². The minimum absolute atomic E-state index is 0.0866. The lowest BCUT2D eigenvalue weighted by Crippen LogP contribution is -2.43. The maximum absolute atomic E-state index is 13.0. The van der Waals surface area contributed by atoms with Crippen molar-refractivity contribution in [2.24, 2.45) is 0 Å². The summed E-state index contributed by atoms with van der Waals surface area (Å²) in [5, 5.41) is 11.2. The van der Waals surface area contributed by atoms with Crippen LogP contribution in [0.4, 0.5) is 0 Å². The van der Waals surface area contributed by atoms with Gasteiger partial charge in [-0.3, -0.25) is 14.3 Å². The largest absolute Gasteiger partial charge is 0.341 e. The van der Waals surface area contributed by atoms with Gasteiger partial charge in [0.2, 0.25) is 5.91 Å². The Balaban J connectivity index is 1.45. The molecule has 3 aromatic heterocycles. The summed E-state index contributed by atoms with van der Waals surface area (Å²) in [6, 6.07) is 7.25. The maximum atomic E-state index is 13.0. The van der Waals surface area contributed by atoms with Crippen LogP contribution in [0.5, 0.6) is 0 Å². The van der Waals surface area contributed by atoms with Crippen molar-refractivity contribution in [3.05, 3.63) is 57.0 Å². The fraction of sp³-hybridized carbons (Fsp3) is 0.478. The average Bonchev–Trinajstić information content (AvgIpc) is 3.41. The smallest absolute Gasteiger partial charge is 0.267 e. The molecule has 7 nitrogen and oxygen atoms in total. The summed E-state index contributed by atoms with van der Waals surface area (Å²) >= 11 is 1.60. The molecule has 31 heavy (non-hydrogen) atoms. The third-order valence-electron chi connectivity index (χ3n) is 6.11. The fourth-order valence-electron chi connectivity index (χ4n) is 4.42. The minimum Gasteiger partial charge on any atom is -0.341 e. The lowest BCUT2D eigenvalue weighted by atomic mass is 10.0. The molecular formula is C23H29N5O2S. The quantitative estimate of drug-likeness (QED) is 0.588. The number of nitrogens with zero attached hydrogens (tertiary/aromatic N) is 5. The second kappa shape index (κ2) is 9.18. The van der Waals surface area contributed by atoms with E-state index in [4.69, 9.17) is 0 Å². The van der Waals surface area contributed by atoms with Gasteiger partial charge in [0.05, 0.1) is 16.6 Å². The zero-order chi connectivity index (χ0) is 22.0. The highest BCUT2D eigenvalue weighted by Gasteiger charge is 2.26. The molecule has 1 aliphatic rings. The molecule has 8 heteroatoms. The molecule has 1 amide bonds. The lowest BCUT2D eigenvalue weighted by molar-refractivity contribution is -0.132. The van der Waals surface area contributed by atoms with Crippen molar-refractivity contribution < 1.29 is 4.79 Å². The fourth-order valence-corrected chi connectivity index (χ4v) is 5.11. The predicted molar refractivity (Wildman–Crippen MR) is 122 cm³/mol. The van der Waals surface area contributed by atoms with Crippen LogP contribution in [0.15, 0.2) is 34.4 Å².